The molecule has 0 spiro atoms. The lowest BCUT2D eigenvalue weighted by Crippen LogP contribution is -2.35. The summed E-state index contributed by atoms with van der Waals surface area (Å²) >= 11 is 0. The maximum atomic E-state index is 12.0. The van der Waals surface area contributed by atoms with Crippen molar-refractivity contribution in [1.29, 1.82) is 0 Å². The molecular weight excluding hydrogens is 232 g/mol. The molecule has 1 aliphatic heterocycles. The number of aromatic amines is 1. The van der Waals surface area contributed by atoms with E-state index in [4.69, 9.17) is 9.84 Å². The number of rotatable bonds is 3. The molecule has 5 heteroatoms. The Labute approximate surface area is 106 Å². The van der Waals surface area contributed by atoms with E-state index in [-0.39, 0.29) is 12.2 Å². The van der Waals surface area contributed by atoms with Crippen molar-refractivity contribution in [3.8, 4) is 0 Å². The highest BCUT2D eigenvalue weighted by Crippen LogP contribution is 2.32. The normalized spacial score (nSPS) is 24.2. The summed E-state index contributed by atoms with van der Waals surface area (Å²) in [6.45, 7) is 4.43. The highest BCUT2D eigenvalue weighted by molar-refractivity contribution is 5.18. The summed E-state index contributed by atoms with van der Waals surface area (Å²) in [5.41, 5.74) is 0.584. The van der Waals surface area contributed by atoms with Crippen LogP contribution in [0.2, 0.25) is 0 Å². The number of H-pyrrole nitrogens is 1. The van der Waals surface area contributed by atoms with Gasteiger partial charge < -0.3 is 14.8 Å². The van der Waals surface area contributed by atoms with Gasteiger partial charge in [0.05, 0.1) is 0 Å². The monoisotopic (exact) mass is 252 g/mol. The Hall–Kier alpha value is -1.20. The van der Waals surface area contributed by atoms with E-state index in [0.717, 1.165) is 19.3 Å². The molecule has 2 heterocycles. The van der Waals surface area contributed by atoms with Gasteiger partial charge in [0.1, 0.15) is 11.4 Å². The van der Waals surface area contributed by atoms with E-state index >= 15 is 0 Å². The number of aryl methyl sites for hydroxylation is 1. The van der Waals surface area contributed by atoms with Gasteiger partial charge in [-0.05, 0) is 33.1 Å². The summed E-state index contributed by atoms with van der Waals surface area (Å²) in [7, 11) is 0. The minimum absolute atomic E-state index is 0.0429. The number of aliphatic hydroxyl groups is 1. The van der Waals surface area contributed by atoms with E-state index in [1.165, 1.54) is 0 Å². The lowest BCUT2D eigenvalue weighted by molar-refractivity contribution is -0.0763. The van der Waals surface area contributed by atoms with Gasteiger partial charge in [-0.1, -0.05) is 0 Å². The summed E-state index contributed by atoms with van der Waals surface area (Å²) in [4.78, 5) is 19.2. The van der Waals surface area contributed by atoms with Crippen LogP contribution < -0.4 is 5.56 Å². The first kappa shape index (κ1) is 13.2. The van der Waals surface area contributed by atoms with Gasteiger partial charge in [-0.15, -0.1) is 0 Å². The van der Waals surface area contributed by atoms with Crippen LogP contribution in [0.25, 0.3) is 0 Å². The summed E-state index contributed by atoms with van der Waals surface area (Å²) in [5, 5.41) is 8.93. The van der Waals surface area contributed by atoms with Gasteiger partial charge >= 0.3 is 0 Å². The fourth-order valence-electron chi connectivity index (χ4n) is 2.39. The Morgan fingerprint density at radius 1 is 1.50 bits per heavy atom. The van der Waals surface area contributed by atoms with Crippen molar-refractivity contribution in [1.82, 2.24) is 9.97 Å². The van der Waals surface area contributed by atoms with E-state index in [2.05, 4.69) is 9.97 Å². The van der Waals surface area contributed by atoms with Crippen molar-refractivity contribution >= 4 is 0 Å². The van der Waals surface area contributed by atoms with Gasteiger partial charge in [-0.2, -0.15) is 0 Å². The third-order valence-corrected chi connectivity index (χ3v) is 3.55. The van der Waals surface area contributed by atoms with Crippen LogP contribution in [0.15, 0.2) is 4.79 Å². The number of ether oxygens (including phenoxy) is 1. The fourth-order valence-corrected chi connectivity index (χ4v) is 2.39. The van der Waals surface area contributed by atoms with Crippen LogP contribution in [-0.2, 0) is 16.8 Å². The minimum atomic E-state index is -0.486. The van der Waals surface area contributed by atoms with Crippen LogP contribution in [0.5, 0.6) is 0 Å². The molecule has 0 aliphatic carbocycles. The molecule has 5 nitrogen and oxygen atoms in total. The van der Waals surface area contributed by atoms with Crippen molar-refractivity contribution in [2.75, 3.05) is 13.2 Å². The van der Waals surface area contributed by atoms with Crippen LogP contribution in [0, 0.1) is 6.92 Å². The average molecular weight is 252 g/mol. The molecule has 0 amide bonds. The molecule has 100 valence electrons. The molecule has 1 aromatic heterocycles. The Morgan fingerprint density at radius 2 is 2.28 bits per heavy atom. The molecule has 0 aromatic carbocycles. The molecule has 18 heavy (non-hydrogen) atoms. The Morgan fingerprint density at radius 3 is 2.83 bits per heavy atom. The summed E-state index contributed by atoms with van der Waals surface area (Å²) in [6, 6.07) is 0. The zero-order valence-electron chi connectivity index (χ0n) is 11.0. The van der Waals surface area contributed by atoms with E-state index in [1.54, 1.807) is 6.92 Å². The smallest absolute Gasteiger partial charge is 0.254 e. The molecule has 1 aliphatic rings. The summed E-state index contributed by atoms with van der Waals surface area (Å²) < 4.78 is 5.78. The van der Waals surface area contributed by atoms with Gasteiger partial charge in [0.2, 0.25) is 0 Å². The number of hydrogen-bond donors (Lipinski definition) is 2. The second-order valence-electron chi connectivity index (χ2n) is 4.99. The molecule has 0 bridgehead atoms. The average Bonchev–Trinajstić information content (AvgIpc) is 2.34. The maximum absolute atomic E-state index is 12.0. The molecule has 1 saturated heterocycles. The number of hydrogen-bond acceptors (Lipinski definition) is 4. The maximum Gasteiger partial charge on any atom is 0.254 e. The fraction of sp³-hybridized carbons (Fsp3) is 0.692. The molecule has 1 atom stereocenters. The molecule has 2 rings (SSSR count). The molecule has 1 aromatic rings. The van der Waals surface area contributed by atoms with Gasteiger partial charge in [-0.3, -0.25) is 4.79 Å². The predicted molar refractivity (Wildman–Crippen MR) is 67.5 cm³/mol. The van der Waals surface area contributed by atoms with Crippen molar-refractivity contribution in [3.05, 3.63) is 27.4 Å². The minimum Gasteiger partial charge on any atom is -0.396 e. The molecule has 1 unspecified atom stereocenters. The van der Waals surface area contributed by atoms with E-state index in [1.807, 2.05) is 6.92 Å². The number of nitrogens with zero attached hydrogens (tertiary/aromatic N) is 1. The first-order valence-corrected chi connectivity index (χ1v) is 6.42. The summed E-state index contributed by atoms with van der Waals surface area (Å²) in [5.74, 6) is 0.603. The van der Waals surface area contributed by atoms with Gasteiger partial charge in [0, 0.05) is 30.9 Å². The highest BCUT2D eigenvalue weighted by Gasteiger charge is 2.33. The quantitative estimate of drug-likeness (QED) is 0.842. The van der Waals surface area contributed by atoms with Crippen molar-refractivity contribution in [2.24, 2.45) is 0 Å². The zero-order chi connectivity index (χ0) is 13.2. The van der Waals surface area contributed by atoms with E-state index in [9.17, 15) is 4.79 Å². The zero-order valence-corrected chi connectivity index (χ0v) is 11.0. The third-order valence-electron chi connectivity index (χ3n) is 3.55. The third kappa shape index (κ3) is 2.47. The van der Waals surface area contributed by atoms with Crippen molar-refractivity contribution in [2.45, 2.75) is 45.1 Å². The Balaban J connectivity index is 2.38. The molecule has 2 N–H and O–H groups in total. The first-order chi connectivity index (χ1) is 8.57. The Kier molecular flexibility index (Phi) is 3.82. The van der Waals surface area contributed by atoms with E-state index in [0.29, 0.717) is 30.1 Å². The van der Waals surface area contributed by atoms with Gasteiger partial charge in [-0.25, -0.2) is 4.98 Å². The Bertz CT molecular complexity index is 476. The predicted octanol–water partition coefficient (Wildman–Crippen LogP) is 1.03. The van der Waals surface area contributed by atoms with Gasteiger partial charge in [0.15, 0.2) is 0 Å². The largest absolute Gasteiger partial charge is 0.396 e. The number of nitrogens with one attached hydrogen (secondary N) is 1. The van der Waals surface area contributed by atoms with Crippen LogP contribution in [0.3, 0.4) is 0 Å². The van der Waals surface area contributed by atoms with Crippen LogP contribution in [-0.4, -0.2) is 28.3 Å². The second kappa shape index (κ2) is 5.20. The van der Waals surface area contributed by atoms with Crippen molar-refractivity contribution in [3.63, 3.8) is 0 Å². The van der Waals surface area contributed by atoms with Crippen LogP contribution >= 0.6 is 0 Å². The second-order valence-corrected chi connectivity index (χ2v) is 4.99. The SMILES string of the molecule is Cc1nc(C2(C)CCCCO2)[nH]c(=O)c1CCO. The van der Waals surface area contributed by atoms with Crippen LogP contribution in [0.4, 0.5) is 0 Å². The standard InChI is InChI=1S/C13H20N2O3/c1-9-10(5-7-16)11(17)15-12(14-9)13(2)6-3-4-8-18-13/h16H,3-8H2,1-2H3,(H,14,15,17). The van der Waals surface area contributed by atoms with E-state index < -0.39 is 5.60 Å². The van der Waals surface area contributed by atoms with Crippen molar-refractivity contribution < 1.29 is 9.84 Å². The highest BCUT2D eigenvalue weighted by atomic mass is 16.5. The lowest BCUT2D eigenvalue weighted by Gasteiger charge is -2.33. The molecular formula is C13H20N2O3. The topological polar surface area (TPSA) is 75.2 Å². The molecule has 1 fully saturated rings. The van der Waals surface area contributed by atoms with Gasteiger partial charge in [0.25, 0.3) is 5.56 Å². The first-order valence-electron chi connectivity index (χ1n) is 6.42. The summed E-state index contributed by atoms with van der Waals surface area (Å²) in [6.07, 6.45) is 3.35. The molecule has 0 radical (unpaired) electrons. The number of aliphatic hydroxyl groups excluding tert-OH is 1. The molecule has 0 saturated carbocycles. The van der Waals surface area contributed by atoms with Crippen LogP contribution in [0.1, 0.15) is 43.3 Å². The number of aromatic nitrogens is 2. The lowest BCUT2D eigenvalue weighted by atomic mass is 9.94.